The zero-order valence-electron chi connectivity index (χ0n) is 18.9. The highest BCUT2D eigenvalue weighted by Crippen LogP contribution is 2.18. The van der Waals surface area contributed by atoms with Gasteiger partial charge in [-0.15, -0.1) is 0 Å². The normalized spacial score (nSPS) is 19.5. The van der Waals surface area contributed by atoms with E-state index in [9.17, 15) is 13.2 Å². The Balaban J connectivity index is 1.32. The molecule has 0 radical (unpaired) electrons. The summed E-state index contributed by atoms with van der Waals surface area (Å²) < 4.78 is 38.7. The van der Waals surface area contributed by atoms with Gasteiger partial charge in [-0.25, -0.2) is 13.1 Å². The van der Waals surface area contributed by atoms with Crippen LogP contribution in [0.3, 0.4) is 0 Å². The second-order valence-electron chi connectivity index (χ2n) is 8.43. The summed E-state index contributed by atoms with van der Waals surface area (Å²) in [5.74, 6) is 0.691. The third-order valence-corrected chi connectivity index (χ3v) is 7.56. The predicted octanol–water partition coefficient (Wildman–Crippen LogP) is 2.11. The quantitative estimate of drug-likeness (QED) is 0.632. The number of nitrogens with zero attached hydrogens (tertiary/aromatic N) is 2. The van der Waals surface area contributed by atoms with Crippen molar-refractivity contribution >= 4 is 15.9 Å². The number of amides is 1. The van der Waals surface area contributed by atoms with Gasteiger partial charge in [0.2, 0.25) is 10.0 Å². The van der Waals surface area contributed by atoms with Crippen molar-refractivity contribution in [3.05, 3.63) is 59.7 Å². The molecule has 0 aliphatic carbocycles. The van der Waals surface area contributed by atoms with Crippen LogP contribution in [0, 0.1) is 0 Å². The molecule has 1 N–H and O–H groups in total. The van der Waals surface area contributed by atoms with Gasteiger partial charge in [0.15, 0.2) is 0 Å². The molecule has 0 spiro atoms. The average Bonchev–Trinajstić information content (AvgIpc) is 3.37. The van der Waals surface area contributed by atoms with Crippen LogP contribution in [0.5, 0.6) is 5.75 Å². The summed E-state index contributed by atoms with van der Waals surface area (Å²) in [6.07, 6.45) is 1.72. The second kappa shape index (κ2) is 10.6. The molecule has 33 heavy (non-hydrogen) atoms. The fourth-order valence-electron chi connectivity index (χ4n) is 4.17. The molecule has 2 saturated heterocycles. The number of benzene rings is 2. The van der Waals surface area contributed by atoms with Crippen LogP contribution < -0.4 is 9.46 Å². The van der Waals surface area contributed by atoms with Crippen LogP contribution in [0.1, 0.15) is 28.8 Å². The SMILES string of the molecule is COc1ccc(CN2CCN(C(=O)c3cccc(S(=O)(=O)NCC4CCCO4)c3)CC2)cc1. The maximum absolute atomic E-state index is 13.0. The van der Waals surface area contributed by atoms with Gasteiger partial charge in [0.1, 0.15) is 5.75 Å². The standard InChI is InChI=1S/C24H31N3O5S/c1-31-21-9-7-19(8-10-21)18-26-11-13-27(14-12-26)24(28)20-4-2-6-23(16-20)33(29,30)25-17-22-5-3-15-32-22/h2,4,6-10,16,22,25H,3,5,11-15,17-18H2,1H3. The highest BCUT2D eigenvalue weighted by atomic mass is 32.2. The molecule has 1 atom stereocenters. The minimum absolute atomic E-state index is 0.0844. The van der Waals surface area contributed by atoms with Crippen LogP contribution in [0.2, 0.25) is 0 Å². The monoisotopic (exact) mass is 473 g/mol. The third kappa shape index (κ3) is 6.11. The van der Waals surface area contributed by atoms with Crippen molar-refractivity contribution in [3.63, 3.8) is 0 Å². The Morgan fingerprint density at radius 2 is 1.88 bits per heavy atom. The lowest BCUT2D eigenvalue weighted by atomic mass is 10.1. The lowest BCUT2D eigenvalue weighted by Gasteiger charge is -2.34. The number of hydrogen-bond donors (Lipinski definition) is 1. The Kier molecular flexibility index (Phi) is 7.64. The zero-order chi connectivity index (χ0) is 23.3. The molecule has 2 aliphatic rings. The molecule has 4 rings (SSSR count). The largest absolute Gasteiger partial charge is 0.497 e. The molecule has 1 amide bonds. The van der Waals surface area contributed by atoms with Crippen molar-refractivity contribution in [2.75, 3.05) is 46.4 Å². The Morgan fingerprint density at radius 3 is 2.55 bits per heavy atom. The van der Waals surface area contributed by atoms with Gasteiger partial charge < -0.3 is 14.4 Å². The molecular weight excluding hydrogens is 442 g/mol. The number of ether oxygens (including phenoxy) is 2. The minimum atomic E-state index is -3.70. The highest BCUT2D eigenvalue weighted by Gasteiger charge is 2.25. The second-order valence-corrected chi connectivity index (χ2v) is 10.2. The van der Waals surface area contributed by atoms with E-state index in [0.29, 0.717) is 25.3 Å². The fourth-order valence-corrected chi connectivity index (χ4v) is 5.28. The molecule has 178 valence electrons. The average molecular weight is 474 g/mol. The van der Waals surface area contributed by atoms with Gasteiger partial charge >= 0.3 is 0 Å². The first kappa shape index (κ1) is 23.7. The molecule has 2 aliphatic heterocycles. The first-order valence-electron chi connectivity index (χ1n) is 11.3. The number of carbonyl (C=O) groups is 1. The Hall–Kier alpha value is -2.46. The number of nitrogens with one attached hydrogen (secondary N) is 1. The van der Waals surface area contributed by atoms with Crippen LogP contribution in [0.4, 0.5) is 0 Å². The van der Waals surface area contributed by atoms with E-state index in [1.807, 2.05) is 12.1 Å². The molecule has 0 aromatic heterocycles. The first-order chi connectivity index (χ1) is 15.9. The molecule has 2 aromatic carbocycles. The molecule has 0 saturated carbocycles. The first-order valence-corrected chi connectivity index (χ1v) is 12.8. The smallest absolute Gasteiger partial charge is 0.253 e. The van der Waals surface area contributed by atoms with Crippen molar-refractivity contribution in [3.8, 4) is 5.75 Å². The van der Waals surface area contributed by atoms with Crippen molar-refractivity contribution in [1.29, 1.82) is 0 Å². The summed E-state index contributed by atoms with van der Waals surface area (Å²) in [5.41, 5.74) is 1.59. The summed E-state index contributed by atoms with van der Waals surface area (Å²) in [5, 5.41) is 0. The Bertz CT molecular complexity index is 1040. The summed E-state index contributed by atoms with van der Waals surface area (Å²) in [4.78, 5) is 17.2. The van der Waals surface area contributed by atoms with E-state index >= 15 is 0 Å². The number of carbonyl (C=O) groups excluding carboxylic acids is 1. The van der Waals surface area contributed by atoms with E-state index < -0.39 is 10.0 Å². The van der Waals surface area contributed by atoms with E-state index in [-0.39, 0.29) is 23.5 Å². The molecule has 2 fully saturated rings. The van der Waals surface area contributed by atoms with E-state index in [0.717, 1.165) is 38.2 Å². The lowest BCUT2D eigenvalue weighted by Crippen LogP contribution is -2.48. The maximum Gasteiger partial charge on any atom is 0.253 e. The Labute approximate surface area is 195 Å². The fraction of sp³-hybridized carbons (Fsp3) is 0.458. The van der Waals surface area contributed by atoms with Gasteiger partial charge in [0.25, 0.3) is 5.91 Å². The molecular formula is C24H31N3O5S. The minimum Gasteiger partial charge on any atom is -0.497 e. The molecule has 9 heteroatoms. The van der Waals surface area contributed by atoms with Crippen LogP contribution in [0.15, 0.2) is 53.4 Å². The van der Waals surface area contributed by atoms with E-state index in [4.69, 9.17) is 9.47 Å². The van der Waals surface area contributed by atoms with Crippen LogP contribution in [-0.4, -0.2) is 76.7 Å². The molecule has 2 heterocycles. The van der Waals surface area contributed by atoms with Gasteiger partial charge in [0, 0.05) is 51.4 Å². The van der Waals surface area contributed by atoms with Crippen molar-refractivity contribution in [2.24, 2.45) is 0 Å². The summed E-state index contributed by atoms with van der Waals surface area (Å²) >= 11 is 0. The number of hydrogen-bond acceptors (Lipinski definition) is 6. The lowest BCUT2D eigenvalue weighted by molar-refractivity contribution is 0.0628. The molecule has 1 unspecified atom stereocenters. The molecule has 2 aromatic rings. The third-order valence-electron chi connectivity index (χ3n) is 6.14. The van der Waals surface area contributed by atoms with Crippen molar-refractivity contribution < 1.29 is 22.7 Å². The number of methoxy groups -OCH3 is 1. The number of rotatable bonds is 8. The van der Waals surface area contributed by atoms with E-state index in [1.165, 1.54) is 17.7 Å². The maximum atomic E-state index is 13.0. The molecule has 8 nitrogen and oxygen atoms in total. The van der Waals surface area contributed by atoms with Crippen molar-refractivity contribution in [2.45, 2.75) is 30.4 Å². The summed E-state index contributed by atoms with van der Waals surface area (Å²) in [6.45, 7) is 4.46. The zero-order valence-corrected chi connectivity index (χ0v) is 19.7. The topological polar surface area (TPSA) is 88.2 Å². The number of sulfonamides is 1. The van der Waals surface area contributed by atoms with Gasteiger partial charge in [0.05, 0.1) is 18.1 Å². The van der Waals surface area contributed by atoms with Crippen LogP contribution in [-0.2, 0) is 21.3 Å². The summed E-state index contributed by atoms with van der Waals surface area (Å²) in [6, 6.07) is 14.3. The highest BCUT2D eigenvalue weighted by molar-refractivity contribution is 7.89. The van der Waals surface area contributed by atoms with Crippen LogP contribution >= 0.6 is 0 Å². The van der Waals surface area contributed by atoms with Gasteiger partial charge in [-0.2, -0.15) is 0 Å². The van der Waals surface area contributed by atoms with E-state index in [1.54, 1.807) is 24.1 Å². The Morgan fingerprint density at radius 1 is 1.12 bits per heavy atom. The van der Waals surface area contributed by atoms with Crippen molar-refractivity contribution in [1.82, 2.24) is 14.5 Å². The van der Waals surface area contributed by atoms with Gasteiger partial charge in [-0.05, 0) is 48.7 Å². The van der Waals surface area contributed by atoms with E-state index in [2.05, 4.69) is 21.8 Å². The van der Waals surface area contributed by atoms with Gasteiger partial charge in [-0.1, -0.05) is 18.2 Å². The number of piperazine rings is 1. The molecule has 0 bridgehead atoms. The predicted molar refractivity (Wildman–Crippen MR) is 125 cm³/mol. The van der Waals surface area contributed by atoms with Gasteiger partial charge in [-0.3, -0.25) is 9.69 Å². The summed E-state index contributed by atoms with van der Waals surface area (Å²) in [7, 11) is -2.05. The van der Waals surface area contributed by atoms with Crippen LogP contribution in [0.25, 0.3) is 0 Å².